The van der Waals surface area contributed by atoms with Gasteiger partial charge in [-0.05, 0) is 37.5 Å². The van der Waals surface area contributed by atoms with Crippen LogP contribution in [0.5, 0.6) is 0 Å². The summed E-state index contributed by atoms with van der Waals surface area (Å²) >= 11 is 0. The van der Waals surface area contributed by atoms with E-state index in [1.807, 2.05) is 23.1 Å². The highest BCUT2D eigenvalue weighted by Crippen LogP contribution is 2.26. The van der Waals surface area contributed by atoms with Crippen LogP contribution in [0.15, 0.2) is 60.8 Å². The van der Waals surface area contributed by atoms with Gasteiger partial charge in [-0.15, -0.1) is 0 Å². The first-order valence-corrected chi connectivity index (χ1v) is 10.2. The summed E-state index contributed by atoms with van der Waals surface area (Å²) < 4.78 is 8.20. The Morgan fingerprint density at radius 2 is 1.86 bits per heavy atom. The Labute approximate surface area is 166 Å². The quantitative estimate of drug-likeness (QED) is 0.644. The molecule has 146 valence electrons. The summed E-state index contributed by atoms with van der Waals surface area (Å²) in [6.45, 7) is 6.29. The molecular weight excluding hydrogens is 348 g/mol. The lowest BCUT2D eigenvalue weighted by molar-refractivity contribution is -0.139. The topological polar surface area (TPSA) is 34.5 Å². The molecule has 0 N–H and O–H groups in total. The van der Waals surface area contributed by atoms with Crippen LogP contribution in [0.2, 0.25) is 0 Å². The van der Waals surface area contributed by atoms with E-state index in [4.69, 9.17) is 4.74 Å². The summed E-state index contributed by atoms with van der Waals surface area (Å²) in [5.41, 5.74) is 3.64. The molecule has 1 aromatic heterocycles. The normalized spacial score (nSPS) is 17.4. The first kappa shape index (κ1) is 18.8. The van der Waals surface area contributed by atoms with E-state index in [9.17, 15) is 4.79 Å². The van der Waals surface area contributed by atoms with Crippen molar-refractivity contribution in [2.45, 2.75) is 38.8 Å². The minimum atomic E-state index is -0.0262. The Balaban J connectivity index is 1.44. The third-order valence-corrected chi connectivity index (χ3v) is 5.58. The summed E-state index contributed by atoms with van der Waals surface area (Å²) in [6, 6.07) is 19.1. The molecule has 4 heteroatoms. The number of carbonyl (C=O) groups is 1. The molecule has 1 amide bonds. The number of aryl methyl sites for hydroxylation is 1. The van der Waals surface area contributed by atoms with Gasteiger partial charge in [-0.3, -0.25) is 4.79 Å². The monoisotopic (exact) mass is 376 g/mol. The molecule has 28 heavy (non-hydrogen) atoms. The van der Waals surface area contributed by atoms with Crippen LogP contribution < -0.4 is 0 Å². The van der Waals surface area contributed by atoms with Crippen LogP contribution in [-0.2, 0) is 16.0 Å². The molecule has 1 saturated heterocycles. The lowest BCUT2D eigenvalue weighted by atomic mass is 10.1. The molecular formula is C24H28N2O2. The highest BCUT2D eigenvalue weighted by Gasteiger charge is 2.25. The van der Waals surface area contributed by atoms with Crippen molar-refractivity contribution in [3.8, 4) is 0 Å². The first-order chi connectivity index (χ1) is 13.6. The van der Waals surface area contributed by atoms with Crippen molar-refractivity contribution in [1.82, 2.24) is 9.47 Å². The van der Waals surface area contributed by atoms with Gasteiger partial charge in [0.15, 0.2) is 0 Å². The van der Waals surface area contributed by atoms with Gasteiger partial charge < -0.3 is 14.2 Å². The fourth-order valence-electron chi connectivity index (χ4n) is 4.05. The van der Waals surface area contributed by atoms with Crippen LogP contribution in [0.1, 0.15) is 43.5 Å². The number of aromatic nitrogens is 1. The fourth-order valence-corrected chi connectivity index (χ4v) is 4.05. The van der Waals surface area contributed by atoms with E-state index in [2.05, 4.69) is 61.0 Å². The van der Waals surface area contributed by atoms with E-state index >= 15 is 0 Å². The minimum absolute atomic E-state index is 0.0262. The van der Waals surface area contributed by atoms with Crippen LogP contribution in [0.3, 0.4) is 0 Å². The largest absolute Gasteiger partial charge is 0.370 e. The Morgan fingerprint density at radius 1 is 1.11 bits per heavy atom. The van der Waals surface area contributed by atoms with Gasteiger partial charge in [-0.2, -0.15) is 0 Å². The number of ether oxygens (including phenoxy) is 1. The van der Waals surface area contributed by atoms with Crippen molar-refractivity contribution in [2.75, 3.05) is 19.7 Å². The fraction of sp³-hybridized carbons (Fsp3) is 0.375. The zero-order valence-corrected chi connectivity index (χ0v) is 16.7. The Hall–Kier alpha value is -2.59. The van der Waals surface area contributed by atoms with Gasteiger partial charge in [0.25, 0.3) is 0 Å². The molecule has 0 spiro atoms. The van der Waals surface area contributed by atoms with E-state index in [-0.39, 0.29) is 12.0 Å². The average Bonchev–Trinajstić information content (AvgIpc) is 3.12. The number of benzene rings is 2. The Morgan fingerprint density at radius 3 is 2.64 bits per heavy atom. The zero-order valence-electron chi connectivity index (χ0n) is 16.7. The lowest BCUT2D eigenvalue weighted by Gasteiger charge is -2.33. The highest BCUT2D eigenvalue weighted by atomic mass is 16.5. The number of hydrogen-bond donors (Lipinski definition) is 0. The van der Waals surface area contributed by atoms with Crippen molar-refractivity contribution in [3.63, 3.8) is 0 Å². The number of fused-ring (bicyclic) bond motifs is 1. The van der Waals surface area contributed by atoms with Crippen LogP contribution in [0.4, 0.5) is 0 Å². The van der Waals surface area contributed by atoms with E-state index in [0.717, 1.165) is 12.0 Å². The maximum Gasteiger partial charge on any atom is 0.223 e. The standard InChI is InChI=1S/C24H28N2O2/c1-18(2)26-16-20(21-10-6-7-11-22(21)26)12-13-24(27)25-14-15-28-23(17-25)19-8-4-3-5-9-19/h3-11,16,18,23H,12-15,17H2,1-2H3/t23-/m1/s1. The van der Waals surface area contributed by atoms with Crippen molar-refractivity contribution in [3.05, 3.63) is 71.9 Å². The number of hydrogen-bond acceptors (Lipinski definition) is 2. The smallest absolute Gasteiger partial charge is 0.223 e. The van der Waals surface area contributed by atoms with Gasteiger partial charge >= 0.3 is 0 Å². The van der Waals surface area contributed by atoms with Gasteiger partial charge in [0.1, 0.15) is 6.10 Å². The van der Waals surface area contributed by atoms with Crippen molar-refractivity contribution in [1.29, 1.82) is 0 Å². The van der Waals surface area contributed by atoms with E-state index in [1.165, 1.54) is 16.5 Å². The molecule has 0 unspecified atom stereocenters. The second-order valence-electron chi connectivity index (χ2n) is 7.78. The lowest BCUT2D eigenvalue weighted by Crippen LogP contribution is -2.42. The molecule has 4 nitrogen and oxygen atoms in total. The number of carbonyl (C=O) groups excluding carboxylic acids is 1. The molecule has 0 radical (unpaired) electrons. The maximum absolute atomic E-state index is 12.9. The number of morpholine rings is 1. The summed E-state index contributed by atoms with van der Waals surface area (Å²) in [5.74, 6) is 0.214. The minimum Gasteiger partial charge on any atom is -0.370 e. The number of para-hydroxylation sites is 1. The first-order valence-electron chi connectivity index (χ1n) is 10.2. The second-order valence-corrected chi connectivity index (χ2v) is 7.78. The van der Waals surface area contributed by atoms with E-state index in [1.54, 1.807) is 0 Å². The molecule has 0 saturated carbocycles. The SMILES string of the molecule is CC(C)n1cc(CCC(=O)N2CCO[C@@H](c3ccccc3)C2)c2ccccc21. The molecule has 2 heterocycles. The molecule has 1 aliphatic rings. The molecule has 1 atom stereocenters. The summed E-state index contributed by atoms with van der Waals surface area (Å²) in [5, 5.41) is 1.26. The van der Waals surface area contributed by atoms with Crippen LogP contribution in [0, 0.1) is 0 Å². The Bertz CT molecular complexity index is 946. The van der Waals surface area contributed by atoms with Crippen molar-refractivity contribution in [2.24, 2.45) is 0 Å². The van der Waals surface area contributed by atoms with Gasteiger partial charge in [0, 0.05) is 36.1 Å². The molecule has 2 aromatic carbocycles. The summed E-state index contributed by atoms with van der Waals surface area (Å²) in [4.78, 5) is 14.8. The van der Waals surface area contributed by atoms with Crippen LogP contribution in [-0.4, -0.2) is 35.1 Å². The molecule has 3 aromatic rings. The molecule has 0 bridgehead atoms. The molecule has 4 rings (SSSR count). The Kier molecular flexibility index (Phi) is 5.49. The molecule has 1 fully saturated rings. The van der Waals surface area contributed by atoms with Gasteiger partial charge in [0.05, 0.1) is 13.2 Å². The van der Waals surface area contributed by atoms with Crippen LogP contribution in [0.25, 0.3) is 10.9 Å². The third kappa shape index (κ3) is 3.83. The maximum atomic E-state index is 12.9. The van der Waals surface area contributed by atoms with E-state index < -0.39 is 0 Å². The van der Waals surface area contributed by atoms with Crippen molar-refractivity contribution >= 4 is 16.8 Å². The second kappa shape index (κ2) is 8.19. The summed E-state index contributed by atoms with van der Waals surface area (Å²) in [7, 11) is 0. The highest BCUT2D eigenvalue weighted by molar-refractivity contribution is 5.85. The van der Waals surface area contributed by atoms with Gasteiger partial charge in [-0.25, -0.2) is 0 Å². The number of amides is 1. The number of rotatable bonds is 5. The molecule has 0 aliphatic carbocycles. The van der Waals surface area contributed by atoms with Crippen LogP contribution >= 0.6 is 0 Å². The predicted octanol–water partition coefficient (Wildman–Crippen LogP) is 4.75. The third-order valence-electron chi connectivity index (χ3n) is 5.58. The predicted molar refractivity (Wildman–Crippen MR) is 112 cm³/mol. The number of nitrogens with zero attached hydrogens (tertiary/aromatic N) is 2. The van der Waals surface area contributed by atoms with E-state index in [0.29, 0.717) is 32.2 Å². The van der Waals surface area contributed by atoms with Gasteiger partial charge in [-0.1, -0.05) is 48.5 Å². The van der Waals surface area contributed by atoms with Crippen molar-refractivity contribution < 1.29 is 9.53 Å². The van der Waals surface area contributed by atoms with Gasteiger partial charge in [0.2, 0.25) is 5.91 Å². The molecule has 1 aliphatic heterocycles. The summed E-state index contributed by atoms with van der Waals surface area (Å²) in [6.07, 6.45) is 3.50. The zero-order chi connectivity index (χ0) is 19.5. The average molecular weight is 377 g/mol.